The summed E-state index contributed by atoms with van der Waals surface area (Å²) in [5, 5.41) is 2.89. The van der Waals surface area contributed by atoms with Crippen LogP contribution in [0.1, 0.15) is 40.5 Å². The third kappa shape index (κ3) is 2.69. The number of ether oxygens (including phenoxy) is 1. The van der Waals surface area contributed by atoms with Crippen molar-refractivity contribution in [1.29, 1.82) is 0 Å². The minimum atomic E-state index is -0.519. The molecule has 1 aliphatic rings. The zero-order valence-corrected chi connectivity index (χ0v) is 8.94. The maximum atomic E-state index is 11.7. The number of carbonyl (C=O) groups excluding carboxylic acids is 1. The molecule has 0 aliphatic carbocycles. The molecule has 0 saturated carbocycles. The average Bonchev–Trinajstić information content (AvgIpc) is 1.96. The van der Waals surface area contributed by atoms with Gasteiger partial charge < -0.3 is 10.1 Å². The van der Waals surface area contributed by atoms with Crippen molar-refractivity contribution in [3.05, 3.63) is 0 Å². The van der Waals surface area contributed by atoms with Gasteiger partial charge in [-0.05, 0) is 26.7 Å². The van der Waals surface area contributed by atoms with Crippen LogP contribution in [0.15, 0.2) is 0 Å². The maximum Gasteiger partial charge on any atom is 0.227 e. The van der Waals surface area contributed by atoms with E-state index in [1.165, 1.54) is 0 Å². The van der Waals surface area contributed by atoms with E-state index >= 15 is 0 Å². The second-order valence-electron chi connectivity index (χ2n) is 4.80. The highest BCUT2D eigenvalue weighted by atomic mass is 16.5. The number of hydrogen-bond donors (Lipinski definition) is 1. The molecule has 13 heavy (non-hydrogen) atoms. The normalized spacial score (nSPS) is 27.2. The third-order valence-corrected chi connectivity index (χ3v) is 2.44. The Labute approximate surface area is 79.8 Å². The second kappa shape index (κ2) is 3.29. The molecule has 1 amide bonds. The van der Waals surface area contributed by atoms with Gasteiger partial charge in [-0.1, -0.05) is 13.8 Å². The van der Waals surface area contributed by atoms with Gasteiger partial charge in [0, 0.05) is 12.0 Å². The Bertz CT molecular complexity index is 209. The Balaban J connectivity index is 2.73. The van der Waals surface area contributed by atoms with Crippen LogP contribution in [0.25, 0.3) is 0 Å². The quantitative estimate of drug-likeness (QED) is 0.623. The van der Waals surface area contributed by atoms with Gasteiger partial charge in [-0.25, -0.2) is 0 Å². The van der Waals surface area contributed by atoms with E-state index in [1.807, 2.05) is 27.7 Å². The molecule has 1 heterocycles. The number of amides is 1. The van der Waals surface area contributed by atoms with Crippen molar-refractivity contribution in [3.63, 3.8) is 0 Å². The van der Waals surface area contributed by atoms with Gasteiger partial charge in [-0.3, -0.25) is 4.79 Å². The van der Waals surface area contributed by atoms with Crippen LogP contribution in [-0.4, -0.2) is 18.2 Å². The van der Waals surface area contributed by atoms with E-state index in [0.29, 0.717) is 0 Å². The summed E-state index contributed by atoms with van der Waals surface area (Å²) >= 11 is 0. The topological polar surface area (TPSA) is 38.3 Å². The Kier molecular flexibility index (Phi) is 2.66. The van der Waals surface area contributed by atoms with Crippen LogP contribution in [0.2, 0.25) is 0 Å². The molecule has 0 aromatic carbocycles. The number of hydrogen-bond acceptors (Lipinski definition) is 2. The molecule has 1 fully saturated rings. The Hall–Kier alpha value is -0.570. The largest absolute Gasteiger partial charge is 0.356 e. The minimum absolute atomic E-state index is 0.0807. The zero-order valence-electron chi connectivity index (χ0n) is 8.94. The number of carbonyl (C=O) groups is 1. The van der Waals surface area contributed by atoms with Gasteiger partial charge in [0.15, 0.2) is 0 Å². The summed E-state index contributed by atoms with van der Waals surface area (Å²) < 4.78 is 5.50. The first-order valence-electron chi connectivity index (χ1n) is 4.80. The number of nitrogens with one attached hydrogen (secondary N) is 1. The standard InChI is InChI=1S/C10H19NO2/c1-9(2)6-5-7-13-10(3,4)11-8(9)12/h5-7H2,1-4H3,(H,11,12). The average molecular weight is 185 g/mol. The van der Waals surface area contributed by atoms with Crippen LogP contribution in [-0.2, 0) is 9.53 Å². The predicted molar refractivity (Wildman–Crippen MR) is 51.2 cm³/mol. The highest BCUT2D eigenvalue weighted by molar-refractivity contribution is 5.82. The summed E-state index contributed by atoms with van der Waals surface area (Å²) in [7, 11) is 0. The molecule has 1 aliphatic heterocycles. The van der Waals surface area contributed by atoms with Gasteiger partial charge in [-0.2, -0.15) is 0 Å². The zero-order chi connectivity index (χ0) is 10.1. The molecular weight excluding hydrogens is 166 g/mol. The van der Waals surface area contributed by atoms with Crippen molar-refractivity contribution in [2.45, 2.75) is 46.3 Å². The van der Waals surface area contributed by atoms with E-state index in [2.05, 4.69) is 5.32 Å². The second-order valence-corrected chi connectivity index (χ2v) is 4.80. The molecule has 0 bridgehead atoms. The van der Waals surface area contributed by atoms with Crippen molar-refractivity contribution in [1.82, 2.24) is 5.32 Å². The van der Waals surface area contributed by atoms with Gasteiger partial charge in [0.1, 0.15) is 5.72 Å². The molecule has 0 atom stereocenters. The summed E-state index contributed by atoms with van der Waals surface area (Å²) in [5.74, 6) is 0.0807. The van der Waals surface area contributed by atoms with Gasteiger partial charge in [0.2, 0.25) is 5.91 Å². The summed E-state index contributed by atoms with van der Waals surface area (Å²) in [5.41, 5.74) is -0.782. The van der Waals surface area contributed by atoms with Crippen molar-refractivity contribution >= 4 is 5.91 Å². The van der Waals surface area contributed by atoms with Crippen LogP contribution < -0.4 is 5.32 Å². The molecular formula is C10H19NO2. The summed E-state index contributed by atoms with van der Waals surface area (Å²) in [6, 6.07) is 0. The van der Waals surface area contributed by atoms with E-state index in [0.717, 1.165) is 19.4 Å². The van der Waals surface area contributed by atoms with Crippen molar-refractivity contribution in [2.75, 3.05) is 6.61 Å². The minimum Gasteiger partial charge on any atom is -0.356 e. The molecule has 0 aromatic heterocycles. The molecule has 3 nitrogen and oxygen atoms in total. The summed E-state index contributed by atoms with van der Waals surface area (Å²) in [6.45, 7) is 8.43. The Morgan fingerprint density at radius 3 is 2.54 bits per heavy atom. The van der Waals surface area contributed by atoms with E-state index < -0.39 is 5.72 Å². The van der Waals surface area contributed by atoms with Crippen LogP contribution in [0.3, 0.4) is 0 Å². The lowest BCUT2D eigenvalue weighted by Crippen LogP contribution is -2.52. The SMILES string of the molecule is CC1(C)NC(=O)C(C)(C)CCCO1. The molecule has 3 heteroatoms. The van der Waals surface area contributed by atoms with Gasteiger partial charge in [0.25, 0.3) is 0 Å². The lowest BCUT2D eigenvalue weighted by Gasteiger charge is -2.35. The fourth-order valence-corrected chi connectivity index (χ4v) is 1.43. The molecule has 0 unspecified atom stereocenters. The molecule has 0 radical (unpaired) electrons. The van der Waals surface area contributed by atoms with Gasteiger partial charge in [0.05, 0.1) is 0 Å². The van der Waals surface area contributed by atoms with Crippen molar-refractivity contribution in [3.8, 4) is 0 Å². The molecule has 1 N–H and O–H groups in total. The molecule has 0 aromatic rings. The van der Waals surface area contributed by atoms with E-state index in [9.17, 15) is 4.79 Å². The van der Waals surface area contributed by atoms with Crippen LogP contribution in [0.5, 0.6) is 0 Å². The first-order valence-corrected chi connectivity index (χ1v) is 4.80. The lowest BCUT2D eigenvalue weighted by atomic mass is 9.86. The third-order valence-electron chi connectivity index (χ3n) is 2.44. The predicted octanol–water partition coefficient (Wildman–Crippen LogP) is 1.68. The fraction of sp³-hybridized carbons (Fsp3) is 0.900. The van der Waals surface area contributed by atoms with E-state index in [4.69, 9.17) is 4.74 Å². The first kappa shape index (κ1) is 10.5. The highest BCUT2D eigenvalue weighted by Crippen LogP contribution is 2.26. The monoisotopic (exact) mass is 185 g/mol. The Morgan fingerprint density at radius 1 is 1.31 bits per heavy atom. The lowest BCUT2D eigenvalue weighted by molar-refractivity contribution is -0.143. The van der Waals surface area contributed by atoms with Crippen LogP contribution in [0, 0.1) is 5.41 Å². The van der Waals surface area contributed by atoms with Crippen LogP contribution in [0.4, 0.5) is 0 Å². The molecule has 0 spiro atoms. The summed E-state index contributed by atoms with van der Waals surface area (Å²) in [4.78, 5) is 11.7. The Morgan fingerprint density at radius 2 is 1.92 bits per heavy atom. The smallest absolute Gasteiger partial charge is 0.227 e. The van der Waals surface area contributed by atoms with Gasteiger partial charge in [-0.15, -0.1) is 0 Å². The highest BCUT2D eigenvalue weighted by Gasteiger charge is 2.33. The molecule has 76 valence electrons. The van der Waals surface area contributed by atoms with Gasteiger partial charge >= 0.3 is 0 Å². The molecule has 1 rings (SSSR count). The summed E-state index contributed by atoms with van der Waals surface area (Å²) in [6.07, 6.45) is 1.83. The molecule has 1 saturated heterocycles. The fourth-order valence-electron chi connectivity index (χ4n) is 1.43. The van der Waals surface area contributed by atoms with E-state index in [-0.39, 0.29) is 11.3 Å². The first-order chi connectivity index (χ1) is 5.83. The maximum absolute atomic E-state index is 11.7. The van der Waals surface area contributed by atoms with Crippen molar-refractivity contribution in [2.24, 2.45) is 5.41 Å². The van der Waals surface area contributed by atoms with Crippen molar-refractivity contribution < 1.29 is 9.53 Å². The number of rotatable bonds is 0. The van der Waals surface area contributed by atoms with Crippen LogP contribution >= 0.6 is 0 Å². The van der Waals surface area contributed by atoms with E-state index in [1.54, 1.807) is 0 Å².